The van der Waals surface area contributed by atoms with Gasteiger partial charge in [-0.05, 0) is 24.3 Å². The van der Waals surface area contributed by atoms with Crippen LogP contribution in [-0.2, 0) is 19.2 Å². The van der Waals surface area contributed by atoms with Gasteiger partial charge in [-0.3, -0.25) is 19.2 Å². The number of carbonyl (C=O) groups is 4. The quantitative estimate of drug-likeness (QED) is 0.402. The highest BCUT2D eigenvalue weighted by Crippen LogP contribution is 1.50. The largest absolute Gasteiger partial charge is 0.366 e. The van der Waals surface area contributed by atoms with E-state index in [2.05, 4.69) is 62.4 Å². The molecular formula is C14H24N4O4. The minimum Gasteiger partial charge on any atom is -0.366 e. The second kappa shape index (κ2) is 30.5. The molecule has 22 heavy (non-hydrogen) atoms. The van der Waals surface area contributed by atoms with E-state index in [9.17, 15) is 19.2 Å². The second-order valence-corrected chi connectivity index (χ2v) is 2.43. The summed E-state index contributed by atoms with van der Waals surface area (Å²) in [6.45, 7) is 18.3. The molecule has 0 heterocycles. The van der Waals surface area contributed by atoms with Crippen LogP contribution in [0.5, 0.6) is 0 Å². The Hall–Kier alpha value is -3.42. The smallest absolute Gasteiger partial charge is 0.240 e. The first-order valence-electron chi connectivity index (χ1n) is 5.26. The summed E-state index contributed by atoms with van der Waals surface area (Å²) >= 11 is 0. The van der Waals surface area contributed by atoms with Gasteiger partial charge in [-0.1, -0.05) is 26.3 Å². The van der Waals surface area contributed by atoms with Crippen LogP contribution < -0.4 is 22.9 Å². The predicted octanol–water partition coefficient (Wildman–Crippen LogP) is -0.567. The average molecular weight is 312 g/mol. The van der Waals surface area contributed by atoms with Crippen molar-refractivity contribution in [2.24, 2.45) is 22.9 Å². The Morgan fingerprint density at radius 3 is 0.545 bits per heavy atom. The number of rotatable bonds is 4. The van der Waals surface area contributed by atoms with Crippen molar-refractivity contribution in [1.82, 2.24) is 0 Å². The van der Waals surface area contributed by atoms with Crippen molar-refractivity contribution < 1.29 is 19.2 Å². The molecule has 0 unspecified atom stereocenters. The zero-order chi connectivity index (χ0) is 19.1. The fourth-order valence-electron chi connectivity index (χ4n) is 0. The van der Waals surface area contributed by atoms with Crippen LogP contribution in [-0.4, -0.2) is 23.6 Å². The average Bonchev–Trinajstić information content (AvgIpc) is 2.50. The highest BCUT2D eigenvalue weighted by Gasteiger charge is 1.70. The standard InChI is InChI=1S/4C3H5NO.C2H4/c4*1-2-3(4)5;1-2/h4*2H,1H2,(H2,4,5);1-2H2. The summed E-state index contributed by atoms with van der Waals surface area (Å²) in [7, 11) is 0. The van der Waals surface area contributed by atoms with Crippen molar-refractivity contribution in [1.29, 1.82) is 0 Å². The van der Waals surface area contributed by atoms with E-state index in [4.69, 9.17) is 0 Å². The van der Waals surface area contributed by atoms with E-state index >= 15 is 0 Å². The van der Waals surface area contributed by atoms with Gasteiger partial charge in [0.2, 0.25) is 23.6 Å². The fraction of sp³-hybridized carbons (Fsp3) is 0. The minimum atomic E-state index is -0.481. The SMILES string of the molecule is C=C.C=CC(N)=O.C=CC(N)=O.C=CC(N)=O.C=CC(N)=O. The molecule has 8 heteroatoms. The van der Waals surface area contributed by atoms with E-state index < -0.39 is 23.6 Å². The van der Waals surface area contributed by atoms with Gasteiger partial charge >= 0.3 is 0 Å². The van der Waals surface area contributed by atoms with Crippen molar-refractivity contribution >= 4 is 23.6 Å². The van der Waals surface area contributed by atoms with E-state index in [1.165, 1.54) is 0 Å². The van der Waals surface area contributed by atoms with Crippen molar-refractivity contribution in [2.45, 2.75) is 0 Å². The number of primary amides is 4. The topological polar surface area (TPSA) is 172 Å². The highest BCUT2D eigenvalue weighted by molar-refractivity contribution is 5.85. The van der Waals surface area contributed by atoms with E-state index in [-0.39, 0.29) is 0 Å². The molecule has 0 bridgehead atoms. The molecule has 8 N–H and O–H groups in total. The maximum atomic E-state index is 9.47. The number of nitrogens with two attached hydrogens (primary N) is 4. The minimum absolute atomic E-state index is 0.481. The number of hydrogen-bond donors (Lipinski definition) is 4. The molecule has 0 rings (SSSR count). The monoisotopic (exact) mass is 312 g/mol. The number of hydrogen-bond acceptors (Lipinski definition) is 4. The van der Waals surface area contributed by atoms with Gasteiger partial charge in [0.1, 0.15) is 0 Å². The molecule has 0 radical (unpaired) electrons. The summed E-state index contributed by atoms with van der Waals surface area (Å²) in [6, 6.07) is 0. The second-order valence-electron chi connectivity index (χ2n) is 2.43. The van der Waals surface area contributed by atoms with Gasteiger partial charge in [0, 0.05) is 0 Å². The third-order valence-electron chi connectivity index (χ3n) is 0.805. The molecule has 0 aliphatic carbocycles. The zero-order valence-electron chi connectivity index (χ0n) is 12.5. The molecule has 0 aromatic heterocycles. The van der Waals surface area contributed by atoms with Gasteiger partial charge in [0.15, 0.2) is 0 Å². The zero-order valence-corrected chi connectivity index (χ0v) is 12.5. The third kappa shape index (κ3) is 192. The molecule has 0 aromatic carbocycles. The van der Waals surface area contributed by atoms with Gasteiger partial charge in [-0.15, -0.1) is 13.2 Å². The summed E-state index contributed by atoms with van der Waals surface area (Å²) in [5, 5.41) is 0. The highest BCUT2D eigenvalue weighted by atomic mass is 16.2. The Bertz CT molecular complexity index is 318. The molecule has 8 nitrogen and oxygen atoms in total. The van der Waals surface area contributed by atoms with Crippen LogP contribution >= 0.6 is 0 Å². The summed E-state index contributed by atoms with van der Waals surface area (Å²) in [5.41, 5.74) is 18.1. The van der Waals surface area contributed by atoms with E-state index in [0.717, 1.165) is 24.3 Å². The van der Waals surface area contributed by atoms with Gasteiger partial charge in [0.25, 0.3) is 0 Å². The van der Waals surface area contributed by atoms with E-state index in [1.807, 2.05) is 0 Å². The molecule has 0 fully saturated rings. The van der Waals surface area contributed by atoms with Crippen LogP contribution in [0.3, 0.4) is 0 Å². The van der Waals surface area contributed by atoms with Crippen LogP contribution in [0, 0.1) is 0 Å². The maximum Gasteiger partial charge on any atom is 0.240 e. The van der Waals surface area contributed by atoms with Gasteiger partial charge in [0.05, 0.1) is 0 Å². The van der Waals surface area contributed by atoms with Gasteiger partial charge < -0.3 is 22.9 Å². The van der Waals surface area contributed by atoms with Crippen molar-refractivity contribution in [3.8, 4) is 0 Å². The normalized spacial score (nSPS) is 6.00. The molecular weight excluding hydrogens is 288 g/mol. The molecule has 4 amide bonds. The lowest BCUT2D eigenvalue weighted by Crippen LogP contribution is -2.04. The molecule has 0 aliphatic heterocycles. The van der Waals surface area contributed by atoms with Crippen LogP contribution in [0.4, 0.5) is 0 Å². The lowest BCUT2D eigenvalue weighted by atomic mass is 10.6. The van der Waals surface area contributed by atoms with Gasteiger partial charge in [-0.2, -0.15) is 0 Å². The van der Waals surface area contributed by atoms with Crippen LogP contribution in [0.25, 0.3) is 0 Å². The Kier molecular flexibility index (Phi) is 43.2. The summed E-state index contributed by atoms with van der Waals surface area (Å²) in [6.07, 6.45) is 4.22. The number of carbonyl (C=O) groups excluding carboxylic acids is 4. The van der Waals surface area contributed by atoms with Crippen LogP contribution in [0.1, 0.15) is 0 Å². The van der Waals surface area contributed by atoms with Crippen LogP contribution in [0.15, 0.2) is 63.8 Å². The first kappa shape index (κ1) is 31.1. The third-order valence-corrected chi connectivity index (χ3v) is 0.805. The molecule has 0 aliphatic rings. The lowest BCUT2D eigenvalue weighted by molar-refractivity contribution is -0.114. The molecule has 0 saturated carbocycles. The Labute approximate surface area is 130 Å². The number of amides is 4. The predicted molar refractivity (Wildman–Crippen MR) is 88.8 cm³/mol. The van der Waals surface area contributed by atoms with Crippen molar-refractivity contribution in [3.05, 3.63) is 63.8 Å². The summed E-state index contributed by atoms with van der Waals surface area (Å²) < 4.78 is 0. The van der Waals surface area contributed by atoms with E-state index in [1.54, 1.807) is 0 Å². The molecule has 0 saturated heterocycles. The first-order chi connectivity index (χ1) is 10.1. The van der Waals surface area contributed by atoms with Crippen LogP contribution in [0.2, 0.25) is 0 Å². The summed E-state index contributed by atoms with van der Waals surface area (Å²) in [4.78, 5) is 37.9. The molecule has 0 spiro atoms. The van der Waals surface area contributed by atoms with Gasteiger partial charge in [-0.25, -0.2) is 0 Å². The summed E-state index contributed by atoms with van der Waals surface area (Å²) in [5.74, 6) is -1.93. The maximum absolute atomic E-state index is 9.47. The fourth-order valence-corrected chi connectivity index (χ4v) is 0. The first-order valence-corrected chi connectivity index (χ1v) is 5.26. The molecule has 124 valence electrons. The Balaban J connectivity index is -0.0000000562. The molecule has 0 aromatic rings. The lowest BCUT2D eigenvalue weighted by Gasteiger charge is -1.65. The Morgan fingerprint density at radius 2 is 0.545 bits per heavy atom. The van der Waals surface area contributed by atoms with E-state index in [0.29, 0.717) is 0 Å². The Morgan fingerprint density at radius 1 is 0.500 bits per heavy atom. The van der Waals surface area contributed by atoms with Crippen molar-refractivity contribution in [3.63, 3.8) is 0 Å². The van der Waals surface area contributed by atoms with Crippen molar-refractivity contribution in [2.75, 3.05) is 0 Å². The molecule has 0 atom stereocenters.